The van der Waals surface area contributed by atoms with Crippen LogP contribution in [0.3, 0.4) is 0 Å². The van der Waals surface area contributed by atoms with Gasteiger partial charge in [-0.2, -0.15) is 10.1 Å². The van der Waals surface area contributed by atoms with Crippen LogP contribution in [-0.2, 0) is 24.3 Å². The summed E-state index contributed by atoms with van der Waals surface area (Å²) in [6.45, 7) is 7.79. The zero-order valence-corrected chi connectivity index (χ0v) is 16.5. The Morgan fingerprint density at radius 2 is 1.82 bits per heavy atom. The first-order chi connectivity index (χ1) is 13.6. The lowest BCUT2D eigenvalue weighted by atomic mass is 10.1. The Balaban J connectivity index is 1.34. The highest BCUT2D eigenvalue weighted by molar-refractivity contribution is 5.79. The summed E-state index contributed by atoms with van der Waals surface area (Å²) in [6, 6.07) is 8.53. The van der Waals surface area contributed by atoms with Crippen LogP contribution in [0.4, 0.5) is 0 Å². The summed E-state index contributed by atoms with van der Waals surface area (Å²) < 4.78 is 1.68. The highest BCUT2D eigenvalue weighted by Gasteiger charge is 2.14. The second-order valence-electron chi connectivity index (χ2n) is 7.49. The summed E-state index contributed by atoms with van der Waals surface area (Å²) in [5.74, 6) is 0.543. The van der Waals surface area contributed by atoms with Crippen molar-refractivity contribution in [1.82, 2.24) is 29.8 Å². The zero-order valence-electron chi connectivity index (χ0n) is 16.5. The first-order valence-electron chi connectivity index (χ1n) is 9.83. The van der Waals surface area contributed by atoms with Crippen molar-refractivity contribution in [3.05, 3.63) is 58.7 Å². The summed E-state index contributed by atoms with van der Waals surface area (Å²) in [5.41, 5.74) is 5.06. The molecule has 146 valence electrons. The Bertz CT molecular complexity index is 972. The molecule has 0 radical (unpaired) electrons. The molecule has 1 fully saturated rings. The minimum atomic E-state index is -0.0198. The Morgan fingerprint density at radius 1 is 1.11 bits per heavy atom. The van der Waals surface area contributed by atoms with E-state index in [0.717, 1.165) is 29.1 Å². The van der Waals surface area contributed by atoms with Crippen molar-refractivity contribution < 1.29 is 4.79 Å². The van der Waals surface area contributed by atoms with E-state index in [-0.39, 0.29) is 12.3 Å². The van der Waals surface area contributed by atoms with Crippen molar-refractivity contribution in [1.29, 1.82) is 0 Å². The van der Waals surface area contributed by atoms with Crippen LogP contribution in [0, 0.1) is 13.8 Å². The molecule has 1 aliphatic rings. The van der Waals surface area contributed by atoms with Crippen molar-refractivity contribution in [3.8, 4) is 0 Å². The summed E-state index contributed by atoms with van der Waals surface area (Å²) in [4.78, 5) is 23.5. The lowest BCUT2D eigenvalue weighted by Gasteiger charge is -2.15. The number of aromatic nitrogens is 4. The largest absolute Gasteiger partial charge is 0.352 e. The molecule has 0 aliphatic carbocycles. The van der Waals surface area contributed by atoms with Gasteiger partial charge in [0.1, 0.15) is 6.33 Å². The van der Waals surface area contributed by atoms with Gasteiger partial charge in [-0.3, -0.25) is 9.69 Å². The second kappa shape index (κ2) is 8.06. The van der Waals surface area contributed by atoms with Gasteiger partial charge in [0.05, 0.1) is 6.42 Å². The highest BCUT2D eigenvalue weighted by atomic mass is 16.1. The van der Waals surface area contributed by atoms with Gasteiger partial charge < -0.3 is 5.32 Å². The molecule has 1 aromatic carbocycles. The third-order valence-corrected chi connectivity index (χ3v) is 5.44. The van der Waals surface area contributed by atoms with Crippen molar-refractivity contribution in [2.45, 2.75) is 46.2 Å². The molecule has 1 aliphatic heterocycles. The molecule has 28 heavy (non-hydrogen) atoms. The first-order valence-corrected chi connectivity index (χ1v) is 9.83. The van der Waals surface area contributed by atoms with Crippen LogP contribution in [-0.4, -0.2) is 43.5 Å². The molecule has 0 spiro atoms. The third kappa shape index (κ3) is 4.04. The molecular weight excluding hydrogens is 352 g/mol. The molecule has 4 rings (SSSR count). The monoisotopic (exact) mass is 378 g/mol. The average Bonchev–Trinajstić information content (AvgIpc) is 3.36. The molecule has 0 bridgehead atoms. The van der Waals surface area contributed by atoms with Crippen LogP contribution >= 0.6 is 0 Å². The number of amides is 1. The van der Waals surface area contributed by atoms with E-state index in [4.69, 9.17) is 0 Å². The van der Waals surface area contributed by atoms with E-state index in [1.807, 2.05) is 13.8 Å². The van der Waals surface area contributed by atoms with E-state index in [1.165, 1.54) is 37.8 Å². The molecule has 1 saturated heterocycles. The standard InChI is InChI=1S/C21H26N6O/c1-15-19(16(2)27-21(25-15)23-14-24-27)11-20(28)22-12-17-5-7-18(8-6-17)13-26-9-3-4-10-26/h5-8,14H,3-4,9-13H2,1-2H3,(H,22,28). The zero-order chi connectivity index (χ0) is 19.5. The summed E-state index contributed by atoms with van der Waals surface area (Å²) in [5, 5.41) is 7.19. The number of hydrogen-bond donors (Lipinski definition) is 1. The molecule has 3 aromatic rings. The van der Waals surface area contributed by atoms with Crippen LogP contribution in [0.1, 0.15) is 40.9 Å². The number of rotatable bonds is 6. The van der Waals surface area contributed by atoms with E-state index in [9.17, 15) is 4.79 Å². The maximum atomic E-state index is 12.5. The normalized spacial score (nSPS) is 14.6. The van der Waals surface area contributed by atoms with Gasteiger partial charge in [-0.1, -0.05) is 24.3 Å². The number of nitrogens with one attached hydrogen (secondary N) is 1. The van der Waals surface area contributed by atoms with E-state index in [0.29, 0.717) is 12.3 Å². The SMILES string of the molecule is Cc1nc2ncnn2c(C)c1CC(=O)NCc1ccc(CN2CCCC2)cc1. The van der Waals surface area contributed by atoms with Gasteiger partial charge in [-0.05, 0) is 50.9 Å². The van der Waals surface area contributed by atoms with Crippen molar-refractivity contribution in [3.63, 3.8) is 0 Å². The van der Waals surface area contributed by atoms with Crippen molar-refractivity contribution in [2.24, 2.45) is 0 Å². The number of benzene rings is 1. The number of aryl methyl sites for hydroxylation is 2. The van der Waals surface area contributed by atoms with Gasteiger partial charge in [0.2, 0.25) is 5.91 Å². The summed E-state index contributed by atoms with van der Waals surface area (Å²) in [7, 11) is 0. The molecule has 7 nitrogen and oxygen atoms in total. The van der Waals surface area contributed by atoms with Crippen LogP contribution in [0.2, 0.25) is 0 Å². The Hall–Kier alpha value is -2.80. The molecular formula is C21H26N6O. The molecule has 0 saturated carbocycles. The van der Waals surface area contributed by atoms with Crippen molar-refractivity contribution in [2.75, 3.05) is 13.1 Å². The summed E-state index contributed by atoms with van der Waals surface area (Å²) in [6.07, 6.45) is 4.38. The number of hydrogen-bond acceptors (Lipinski definition) is 5. The van der Waals surface area contributed by atoms with Crippen molar-refractivity contribution >= 4 is 11.7 Å². The quantitative estimate of drug-likeness (QED) is 0.712. The number of carbonyl (C=O) groups is 1. The lowest BCUT2D eigenvalue weighted by molar-refractivity contribution is -0.120. The van der Waals surface area contributed by atoms with Crippen LogP contribution in [0.5, 0.6) is 0 Å². The molecule has 0 atom stereocenters. The predicted octanol–water partition coefficient (Wildman–Crippen LogP) is 2.20. The fourth-order valence-electron chi connectivity index (χ4n) is 3.80. The maximum Gasteiger partial charge on any atom is 0.252 e. The van der Waals surface area contributed by atoms with Crippen LogP contribution in [0.15, 0.2) is 30.6 Å². The van der Waals surface area contributed by atoms with Gasteiger partial charge in [-0.15, -0.1) is 0 Å². The minimum absolute atomic E-state index is 0.0198. The predicted molar refractivity (Wildman–Crippen MR) is 107 cm³/mol. The Morgan fingerprint density at radius 3 is 2.57 bits per heavy atom. The van der Waals surface area contributed by atoms with E-state index < -0.39 is 0 Å². The Kier molecular flexibility index (Phi) is 5.34. The van der Waals surface area contributed by atoms with Crippen LogP contribution < -0.4 is 5.32 Å². The van der Waals surface area contributed by atoms with Crippen LogP contribution in [0.25, 0.3) is 5.78 Å². The molecule has 7 heteroatoms. The molecule has 2 aromatic heterocycles. The smallest absolute Gasteiger partial charge is 0.252 e. The fraction of sp³-hybridized carbons (Fsp3) is 0.429. The summed E-state index contributed by atoms with van der Waals surface area (Å²) >= 11 is 0. The highest BCUT2D eigenvalue weighted by Crippen LogP contribution is 2.15. The fourth-order valence-corrected chi connectivity index (χ4v) is 3.80. The number of fused-ring (bicyclic) bond motifs is 1. The topological polar surface area (TPSA) is 75.4 Å². The molecule has 0 unspecified atom stereocenters. The maximum absolute atomic E-state index is 12.5. The second-order valence-corrected chi connectivity index (χ2v) is 7.49. The minimum Gasteiger partial charge on any atom is -0.352 e. The van der Waals surface area contributed by atoms with E-state index >= 15 is 0 Å². The van der Waals surface area contributed by atoms with E-state index in [2.05, 4.69) is 49.5 Å². The van der Waals surface area contributed by atoms with E-state index in [1.54, 1.807) is 4.52 Å². The first kappa shape index (κ1) is 18.6. The number of likely N-dealkylation sites (tertiary alicyclic amines) is 1. The third-order valence-electron chi connectivity index (χ3n) is 5.44. The van der Waals surface area contributed by atoms with Gasteiger partial charge in [-0.25, -0.2) is 9.50 Å². The lowest BCUT2D eigenvalue weighted by Crippen LogP contribution is -2.26. The number of nitrogens with zero attached hydrogens (tertiary/aromatic N) is 5. The van der Waals surface area contributed by atoms with Gasteiger partial charge in [0.25, 0.3) is 5.78 Å². The Labute approximate surface area is 164 Å². The van der Waals surface area contributed by atoms with Gasteiger partial charge in [0.15, 0.2) is 0 Å². The number of carbonyl (C=O) groups excluding carboxylic acids is 1. The van der Waals surface area contributed by atoms with Gasteiger partial charge in [0, 0.05) is 30.0 Å². The molecule has 3 heterocycles. The molecule has 1 N–H and O–H groups in total. The van der Waals surface area contributed by atoms with Gasteiger partial charge >= 0.3 is 0 Å². The average molecular weight is 378 g/mol. The molecule has 1 amide bonds.